The van der Waals surface area contributed by atoms with Crippen molar-refractivity contribution in [1.82, 2.24) is 0 Å². The Morgan fingerprint density at radius 1 is 1.24 bits per heavy atom. The molecule has 94 valence electrons. The first-order valence-corrected chi connectivity index (χ1v) is 6.60. The van der Waals surface area contributed by atoms with Gasteiger partial charge >= 0.3 is 0 Å². The molecule has 0 radical (unpaired) electrons. The Bertz CT molecular complexity index is 325. The topological polar surface area (TPSA) is 29.5 Å². The first-order valence-electron chi connectivity index (χ1n) is 6.60. The highest BCUT2D eigenvalue weighted by Crippen LogP contribution is 2.29. The molecule has 0 spiro atoms. The molecule has 0 heterocycles. The number of rotatable bonds is 5. The molecule has 2 nitrogen and oxygen atoms in total. The normalized spacial score (nSPS) is 18.2. The molecule has 1 aliphatic rings. The number of aliphatic hydroxyl groups excluding tert-OH is 1. The largest absolute Gasteiger partial charge is 0.497 e. The lowest BCUT2D eigenvalue weighted by Crippen LogP contribution is -2.18. The molecule has 17 heavy (non-hydrogen) atoms. The number of benzene rings is 1. The van der Waals surface area contributed by atoms with Crippen LogP contribution >= 0.6 is 0 Å². The van der Waals surface area contributed by atoms with Crippen LogP contribution in [0, 0.1) is 5.92 Å². The van der Waals surface area contributed by atoms with Crippen molar-refractivity contribution in [2.45, 2.75) is 44.6 Å². The molecular formula is C15H22O2. The van der Waals surface area contributed by atoms with Crippen LogP contribution in [0.2, 0.25) is 0 Å². The number of hydrogen-bond donors (Lipinski definition) is 1. The third-order valence-electron chi connectivity index (χ3n) is 3.83. The maximum absolute atomic E-state index is 10.1. The molecule has 1 atom stereocenters. The molecule has 0 aliphatic heterocycles. The summed E-state index contributed by atoms with van der Waals surface area (Å²) >= 11 is 0. The van der Waals surface area contributed by atoms with Gasteiger partial charge in [0, 0.05) is 0 Å². The Morgan fingerprint density at radius 3 is 2.47 bits per heavy atom. The van der Waals surface area contributed by atoms with Crippen molar-refractivity contribution in [2.24, 2.45) is 5.92 Å². The highest BCUT2D eigenvalue weighted by atomic mass is 16.5. The third kappa shape index (κ3) is 3.47. The summed E-state index contributed by atoms with van der Waals surface area (Å²) in [5, 5.41) is 10.1. The molecular weight excluding hydrogens is 212 g/mol. The van der Waals surface area contributed by atoms with Crippen molar-refractivity contribution in [1.29, 1.82) is 0 Å². The predicted molar refractivity (Wildman–Crippen MR) is 69.3 cm³/mol. The Labute approximate surface area is 104 Å². The van der Waals surface area contributed by atoms with E-state index in [1.165, 1.54) is 31.2 Å². The lowest BCUT2D eigenvalue weighted by atomic mass is 9.95. The highest BCUT2D eigenvalue weighted by Gasteiger charge is 2.22. The Hall–Kier alpha value is -1.02. The summed E-state index contributed by atoms with van der Waals surface area (Å²) in [6.07, 6.45) is 6.75. The van der Waals surface area contributed by atoms with E-state index in [1.807, 2.05) is 12.1 Å². The van der Waals surface area contributed by atoms with E-state index in [0.29, 0.717) is 5.92 Å². The minimum Gasteiger partial charge on any atom is -0.497 e. The number of aliphatic hydroxyl groups is 1. The first kappa shape index (κ1) is 12.4. The van der Waals surface area contributed by atoms with E-state index in [2.05, 4.69) is 12.1 Å². The molecule has 0 aromatic heterocycles. The van der Waals surface area contributed by atoms with Gasteiger partial charge in [-0.25, -0.2) is 0 Å². The van der Waals surface area contributed by atoms with Crippen LogP contribution in [0.3, 0.4) is 0 Å². The van der Waals surface area contributed by atoms with Crippen LogP contribution in [-0.4, -0.2) is 18.3 Å². The summed E-state index contributed by atoms with van der Waals surface area (Å²) in [4.78, 5) is 0. The average Bonchev–Trinajstić information content (AvgIpc) is 2.90. The average molecular weight is 234 g/mol. The molecule has 0 bridgehead atoms. The molecule has 1 fully saturated rings. The van der Waals surface area contributed by atoms with E-state index >= 15 is 0 Å². The quantitative estimate of drug-likeness (QED) is 0.848. The number of hydrogen-bond acceptors (Lipinski definition) is 2. The zero-order valence-corrected chi connectivity index (χ0v) is 10.6. The number of ether oxygens (including phenoxy) is 1. The maximum Gasteiger partial charge on any atom is 0.118 e. The molecule has 0 amide bonds. The summed E-state index contributed by atoms with van der Waals surface area (Å²) in [7, 11) is 1.68. The van der Waals surface area contributed by atoms with Crippen LogP contribution in [0.25, 0.3) is 0 Å². The standard InChI is InChI=1S/C15H22O2/c1-17-14-9-6-12(7-10-14)8-11-15(16)13-4-2-3-5-13/h6-7,9-10,13,15-16H,2-5,8,11H2,1H3. The Kier molecular flexibility index (Phi) is 4.43. The van der Waals surface area contributed by atoms with Gasteiger partial charge in [0.25, 0.3) is 0 Å². The lowest BCUT2D eigenvalue weighted by Gasteiger charge is -2.17. The minimum absolute atomic E-state index is 0.111. The second-order valence-corrected chi connectivity index (χ2v) is 5.00. The summed E-state index contributed by atoms with van der Waals surface area (Å²) < 4.78 is 5.13. The molecule has 1 aliphatic carbocycles. The van der Waals surface area contributed by atoms with Crippen molar-refractivity contribution in [3.8, 4) is 5.75 Å². The van der Waals surface area contributed by atoms with Crippen LogP contribution in [0.1, 0.15) is 37.7 Å². The minimum atomic E-state index is -0.111. The summed E-state index contributed by atoms with van der Waals surface area (Å²) in [6.45, 7) is 0. The SMILES string of the molecule is COc1ccc(CCC(O)C2CCCC2)cc1. The summed E-state index contributed by atoms with van der Waals surface area (Å²) in [5.41, 5.74) is 1.28. The molecule has 1 unspecified atom stereocenters. The smallest absolute Gasteiger partial charge is 0.118 e. The third-order valence-corrected chi connectivity index (χ3v) is 3.83. The van der Waals surface area contributed by atoms with E-state index in [9.17, 15) is 5.11 Å². The van der Waals surface area contributed by atoms with Gasteiger partial charge in [0.1, 0.15) is 5.75 Å². The van der Waals surface area contributed by atoms with Gasteiger partial charge < -0.3 is 9.84 Å². The molecule has 1 saturated carbocycles. The molecule has 2 heteroatoms. The predicted octanol–water partition coefficient (Wildman–Crippen LogP) is 3.18. The van der Waals surface area contributed by atoms with Gasteiger partial charge in [0.2, 0.25) is 0 Å². The van der Waals surface area contributed by atoms with Crippen LogP contribution in [0.5, 0.6) is 5.75 Å². The van der Waals surface area contributed by atoms with Gasteiger partial charge in [-0.3, -0.25) is 0 Å². The number of methoxy groups -OCH3 is 1. The van der Waals surface area contributed by atoms with Crippen LogP contribution in [0.15, 0.2) is 24.3 Å². The van der Waals surface area contributed by atoms with Gasteiger partial charge in [-0.15, -0.1) is 0 Å². The fourth-order valence-electron chi connectivity index (χ4n) is 2.68. The van der Waals surface area contributed by atoms with Crippen molar-refractivity contribution in [3.05, 3.63) is 29.8 Å². The van der Waals surface area contributed by atoms with E-state index in [-0.39, 0.29) is 6.10 Å². The fraction of sp³-hybridized carbons (Fsp3) is 0.600. The maximum atomic E-state index is 10.1. The van der Waals surface area contributed by atoms with Crippen LogP contribution in [0.4, 0.5) is 0 Å². The van der Waals surface area contributed by atoms with Gasteiger partial charge in [-0.2, -0.15) is 0 Å². The van der Waals surface area contributed by atoms with Crippen LogP contribution < -0.4 is 4.74 Å². The zero-order valence-electron chi connectivity index (χ0n) is 10.6. The van der Waals surface area contributed by atoms with Crippen molar-refractivity contribution in [3.63, 3.8) is 0 Å². The Balaban J connectivity index is 1.80. The van der Waals surface area contributed by atoms with Crippen LogP contribution in [-0.2, 0) is 6.42 Å². The summed E-state index contributed by atoms with van der Waals surface area (Å²) in [5.74, 6) is 1.44. The van der Waals surface area contributed by atoms with E-state index in [1.54, 1.807) is 7.11 Å². The monoisotopic (exact) mass is 234 g/mol. The fourth-order valence-corrected chi connectivity index (χ4v) is 2.68. The lowest BCUT2D eigenvalue weighted by molar-refractivity contribution is 0.102. The highest BCUT2D eigenvalue weighted by molar-refractivity contribution is 5.27. The summed E-state index contributed by atoms with van der Waals surface area (Å²) in [6, 6.07) is 8.13. The van der Waals surface area contributed by atoms with Crippen molar-refractivity contribution >= 4 is 0 Å². The van der Waals surface area contributed by atoms with E-state index < -0.39 is 0 Å². The molecule has 1 aromatic rings. The van der Waals surface area contributed by atoms with E-state index in [0.717, 1.165) is 18.6 Å². The molecule has 0 saturated heterocycles. The molecule has 1 N–H and O–H groups in total. The van der Waals surface area contributed by atoms with Gasteiger partial charge in [-0.05, 0) is 49.3 Å². The van der Waals surface area contributed by atoms with Gasteiger partial charge in [0.15, 0.2) is 0 Å². The number of aryl methyl sites for hydroxylation is 1. The van der Waals surface area contributed by atoms with Gasteiger partial charge in [0.05, 0.1) is 13.2 Å². The first-order chi connectivity index (χ1) is 8.29. The second-order valence-electron chi connectivity index (χ2n) is 5.00. The zero-order chi connectivity index (χ0) is 12.1. The van der Waals surface area contributed by atoms with Gasteiger partial charge in [-0.1, -0.05) is 25.0 Å². The van der Waals surface area contributed by atoms with Crippen molar-refractivity contribution < 1.29 is 9.84 Å². The second kappa shape index (κ2) is 6.06. The molecule has 2 rings (SSSR count). The molecule has 1 aromatic carbocycles. The van der Waals surface area contributed by atoms with Crippen molar-refractivity contribution in [2.75, 3.05) is 7.11 Å². The Morgan fingerprint density at radius 2 is 1.88 bits per heavy atom. The van der Waals surface area contributed by atoms with E-state index in [4.69, 9.17) is 4.74 Å².